The molecular weight excluding hydrogens is 198 g/mol. The zero-order valence-corrected chi connectivity index (χ0v) is 10.9. The first-order chi connectivity index (χ1) is 6.86. The van der Waals surface area contributed by atoms with Gasteiger partial charge in [0.25, 0.3) is 0 Å². The molecule has 0 amide bonds. The van der Waals surface area contributed by atoms with Crippen LogP contribution in [0.1, 0.15) is 49.0 Å². The first-order valence-electron chi connectivity index (χ1n) is 5.50. The Hall–Kier alpha value is -1.05. The summed E-state index contributed by atoms with van der Waals surface area (Å²) in [6.45, 7) is 13.0. The van der Waals surface area contributed by atoms with Crippen LogP contribution in [0.3, 0.4) is 0 Å². The normalized spacial score (nSPS) is 8.25. The maximum Gasteiger partial charge on any atom is 0.247 e. The summed E-state index contributed by atoms with van der Waals surface area (Å²) in [6.07, 6.45) is 1.60. The lowest BCUT2D eigenvalue weighted by molar-refractivity contribution is 0.736. The van der Waals surface area contributed by atoms with Crippen LogP contribution in [0.4, 0.5) is 0 Å². The third kappa shape index (κ3) is 38.3. The third-order valence-electron chi connectivity index (χ3n) is 0.681. The molecule has 0 atom stereocenters. The van der Waals surface area contributed by atoms with E-state index in [9.17, 15) is 4.79 Å². The highest BCUT2D eigenvalue weighted by Crippen LogP contribution is 1.81. The van der Waals surface area contributed by atoms with Gasteiger partial charge in [-0.15, -0.1) is 0 Å². The molecule has 1 aromatic rings. The fourth-order valence-electron chi connectivity index (χ4n) is 0.377. The Balaban J connectivity index is -0.000000166. The van der Waals surface area contributed by atoms with Crippen LogP contribution in [0.5, 0.6) is 0 Å². The Morgan fingerprint density at radius 3 is 1.44 bits per heavy atom. The van der Waals surface area contributed by atoms with E-state index in [1.165, 1.54) is 6.07 Å². The molecule has 0 saturated heterocycles. The molecule has 96 valence electrons. The van der Waals surface area contributed by atoms with Crippen LogP contribution in [-0.4, -0.2) is 4.98 Å². The average molecular weight is 227 g/mol. The van der Waals surface area contributed by atoms with Crippen LogP contribution in [-0.2, 0) is 0 Å². The van der Waals surface area contributed by atoms with Gasteiger partial charge in [0.2, 0.25) is 5.56 Å². The fraction of sp³-hybridized carbons (Fsp3) is 0.643. The summed E-state index contributed by atoms with van der Waals surface area (Å²) in [5, 5.41) is 0. The van der Waals surface area contributed by atoms with Crippen molar-refractivity contribution in [3.05, 3.63) is 34.7 Å². The smallest absolute Gasteiger partial charge is 0.247 e. The summed E-state index contributed by atoms with van der Waals surface area (Å²) >= 11 is 0. The van der Waals surface area contributed by atoms with E-state index in [2.05, 4.69) is 46.5 Å². The van der Waals surface area contributed by atoms with Crippen molar-refractivity contribution < 1.29 is 0 Å². The quantitative estimate of drug-likeness (QED) is 0.703. The largest absolute Gasteiger partial charge is 0.329 e. The summed E-state index contributed by atoms with van der Waals surface area (Å²) in [7, 11) is 0. The molecule has 1 N–H and O–H groups in total. The van der Waals surface area contributed by atoms with Gasteiger partial charge in [-0.3, -0.25) is 4.79 Å². The van der Waals surface area contributed by atoms with E-state index >= 15 is 0 Å². The van der Waals surface area contributed by atoms with Crippen molar-refractivity contribution in [3.63, 3.8) is 0 Å². The third-order valence-corrected chi connectivity index (χ3v) is 0.681. The first-order valence-corrected chi connectivity index (χ1v) is 5.50. The van der Waals surface area contributed by atoms with Crippen molar-refractivity contribution >= 4 is 0 Å². The number of pyridine rings is 1. The SMILES string of the molecule is C.CC(C)C.CC(C)C.O=c1cccc[nH]1. The highest BCUT2D eigenvalue weighted by atomic mass is 16.1. The van der Waals surface area contributed by atoms with Crippen molar-refractivity contribution in [2.45, 2.75) is 49.0 Å². The molecule has 0 spiro atoms. The van der Waals surface area contributed by atoms with Gasteiger partial charge in [-0.05, 0) is 17.9 Å². The van der Waals surface area contributed by atoms with Crippen LogP contribution < -0.4 is 5.56 Å². The Kier molecular flexibility index (Phi) is 17.8. The van der Waals surface area contributed by atoms with Crippen molar-refractivity contribution in [2.75, 3.05) is 0 Å². The molecule has 0 radical (unpaired) electrons. The number of H-pyrrole nitrogens is 1. The molecule has 1 heterocycles. The molecule has 2 nitrogen and oxygen atoms in total. The van der Waals surface area contributed by atoms with Gasteiger partial charge in [0.15, 0.2) is 0 Å². The summed E-state index contributed by atoms with van der Waals surface area (Å²) in [6, 6.07) is 4.93. The highest BCUT2D eigenvalue weighted by Gasteiger charge is 1.69. The summed E-state index contributed by atoms with van der Waals surface area (Å²) in [4.78, 5) is 12.7. The summed E-state index contributed by atoms with van der Waals surface area (Å²) in [5.74, 6) is 1.67. The summed E-state index contributed by atoms with van der Waals surface area (Å²) < 4.78 is 0. The van der Waals surface area contributed by atoms with Crippen LogP contribution in [0.25, 0.3) is 0 Å². The Morgan fingerprint density at radius 2 is 1.31 bits per heavy atom. The molecule has 0 aliphatic rings. The van der Waals surface area contributed by atoms with Gasteiger partial charge in [0, 0.05) is 12.3 Å². The second-order valence-corrected chi connectivity index (χ2v) is 4.69. The number of hydrogen-bond acceptors (Lipinski definition) is 1. The molecule has 0 unspecified atom stereocenters. The van der Waals surface area contributed by atoms with Crippen molar-refractivity contribution in [2.24, 2.45) is 11.8 Å². The predicted molar refractivity (Wildman–Crippen MR) is 74.8 cm³/mol. The minimum absolute atomic E-state index is 0. The minimum atomic E-state index is -0.0532. The number of aromatic amines is 1. The number of nitrogens with one attached hydrogen (secondary N) is 1. The molecule has 0 saturated carbocycles. The second-order valence-electron chi connectivity index (χ2n) is 4.69. The topological polar surface area (TPSA) is 32.9 Å². The first kappa shape index (κ1) is 20.4. The molecule has 0 fully saturated rings. The van der Waals surface area contributed by atoms with Crippen molar-refractivity contribution in [1.82, 2.24) is 4.98 Å². The predicted octanol–water partition coefficient (Wildman–Crippen LogP) is 4.34. The molecule has 16 heavy (non-hydrogen) atoms. The molecule has 0 aromatic carbocycles. The number of aromatic nitrogens is 1. The van der Waals surface area contributed by atoms with E-state index in [-0.39, 0.29) is 13.0 Å². The lowest BCUT2D eigenvalue weighted by atomic mass is 10.3. The molecule has 2 heteroatoms. The van der Waals surface area contributed by atoms with Crippen molar-refractivity contribution in [1.29, 1.82) is 0 Å². The molecule has 0 aliphatic heterocycles. The van der Waals surface area contributed by atoms with Gasteiger partial charge in [-0.2, -0.15) is 0 Å². The van der Waals surface area contributed by atoms with Crippen LogP contribution in [0, 0.1) is 11.8 Å². The number of rotatable bonds is 0. The van der Waals surface area contributed by atoms with E-state index in [4.69, 9.17) is 0 Å². The van der Waals surface area contributed by atoms with E-state index in [1.807, 2.05) is 0 Å². The van der Waals surface area contributed by atoms with Gasteiger partial charge in [-0.25, -0.2) is 0 Å². The van der Waals surface area contributed by atoms with E-state index < -0.39 is 0 Å². The molecule has 1 aromatic heterocycles. The van der Waals surface area contributed by atoms with Crippen LogP contribution in [0.2, 0.25) is 0 Å². The number of hydrogen-bond donors (Lipinski definition) is 1. The zero-order valence-electron chi connectivity index (χ0n) is 10.9. The monoisotopic (exact) mass is 227 g/mol. The molecule has 1 rings (SSSR count). The van der Waals surface area contributed by atoms with Gasteiger partial charge < -0.3 is 4.98 Å². The van der Waals surface area contributed by atoms with E-state index in [0.717, 1.165) is 11.8 Å². The summed E-state index contributed by atoms with van der Waals surface area (Å²) in [5.41, 5.74) is -0.0532. The molecule has 0 aliphatic carbocycles. The van der Waals surface area contributed by atoms with Gasteiger partial charge in [0.1, 0.15) is 0 Å². The van der Waals surface area contributed by atoms with Crippen LogP contribution >= 0.6 is 0 Å². The molecular formula is C14H29NO. The Bertz CT molecular complexity index is 234. The van der Waals surface area contributed by atoms with E-state index in [1.54, 1.807) is 18.3 Å². The van der Waals surface area contributed by atoms with Gasteiger partial charge in [-0.1, -0.05) is 55.0 Å². The van der Waals surface area contributed by atoms with E-state index in [0.29, 0.717) is 0 Å². The van der Waals surface area contributed by atoms with Gasteiger partial charge in [0.05, 0.1) is 0 Å². The second kappa shape index (κ2) is 13.9. The molecule has 0 bridgehead atoms. The Labute approximate surface area is 101 Å². The fourth-order valence-corrected chi connectivity index (χ4v) is 0.377. The highest BCUT2D eigenvalue weighted by molar-refractivity contribution is 4.89. The average Bonchev–Trinajstić information content (AvgIpc) is 2.03. The van der Waals surface area contributed by atoms with Gasteiger partial charge >= 0.3 is 0 Å². The minimum Gasteiger partial charge on any atom is -0.329 e. The maximum atomic E-state index is 10.2. The zero-order chi connectivity index (χ0) is 12.3. The lowest BCUT2D eigenvalue weighted by Gasteiger charge is -1.79. The van der Waals surface area contributed by atoms with Crippen LogP contribution in [0.15, 0.2) is 29.2 Å². The standard InChI is InChI=1S/C5H5NO.2C4H10.CH4/c7-5-3-1-2-4-6-5;2*1-4(2)3;/h1-4H,(H,6,7);2*4H,1-3H3;1H4. The lowest BCUT2D eigenvalue weighted by Crippen LogP contribution is -1.98. The van der Waals surface area contributed by atoms with Crippen molar-refractivity contribution in [3.8, 4) is 0 Å². The maximum absolute atomic E-state index is 10.2. The Morgan fingerprint density at radius 1 is 0.938 bits per heavy atom.